The van der Waals surface area contributed by atoms with Gasteiger partial charge in [-0.3, -0.25) is 10.1 Å². The molecule has 26 heavy (non-hydrogen) atoms. The Balaban J connectivity index is 1.46. The first kappa shape index (κ1) is 17.7. The summed E-state index contributed by atoms with van der Waals surface area (Å²) in [5, 5.41) is 13.6. The molecule has 9 heteroatoms. The monoisotopic (exact) mass is 371 g/mol. The summed E-state index contributed by atoms with van der Waals surface area (Å²) in [6, 6.07) is 12.5. The van der Waals surface area contributed by atoms with Crippen LogP contribution >= 0.6 is 11.8 Å². The second-order valence-corrected chi connectivity index (χ2v) is 6.29. The molecule has 0 spiro atoms. The van der Waals surface area contributed by atoms with Crippen LogP contribution < -0.4 is 10.6 Å². The van der Waals surface area contributed by atoms with Gasteiger partial charge in [0.1, 0.15) is 0 Å². The van der Waals surface area contributed by atoms with Crippen molar-refractivity contribution in [1.29, 1.82) is 0 Å². The summed E-state index contributed by atoms with van der Waals surface area (Å²) in [4.78, 5) is 23.7. The zero-order valence-corrected chi connectivity index (χ0v) is 14.8. The molecule has 2 N–H and O–H groups in total. The zero-order chi connectivity index (χ0) is 18.4. The number of imide groups is 1. The number of nitrogens with one attached hydrogen (secondary N) is 2. The van der Waals surface area contributed by atoms with Gasteiger partial charge in [-0.1, -0.05) is 42.1 Å². The molecule has 1 aromatic carbocycles. The fraction of sp³-hybridized carbons (Fsp3) is 0.176. The lowest BCUT2D eigenvalue weighted by atomic mass is 10.2. The maximum Gasteiger partial charge on any atom is 0.321 e. The van der Waals surface area contributed by atoms with Crippen molar-refractivity contribution < 1.29 is 14.0 Å². The molecule has 2 aromatic heterocycles. The van der Waals surface area contributed by atoms with Crippen LogP contribution in [0.1, 0.15) is 5.56 Å². The van der Waals surface area contributed by atoms with Gasteiger partial charge in [0.05, 0.1) is 12.0 Å². The van der Waals surface area contributed by atoms with E-state index in [-0.39, 0.29) is 5.75 Å². The van der Waals surface area contributed by atoms with E-state index < -0.39 is 11.9 Å². The minimum atomic E-state index is -0.534. The second-order valence-electron chi connectivity index (χ2n) is 5.35. The van der Waals surface area contributed by atoms with Crippen LogP contribution in [0.5, 0.6) is 0 Å². The smallest absolute Gasteiger partial charge is 0.321 e. The van der Waals surface area contributed by atoms with E-state index in [2.05, 4.69) is 20.8 Å². The van der Waals surface area contributed by atoms with E-state index in [1.165, 1.54) is 11.8 Å². The minimum absolute atomic E-state index is 0.0445. The molecule has 0 unspecified atom stereocenters. The van der Waals surface area contributed by atoms with Crippen LogP contribution in [0.25, 0.3) is 11.6 Å². The van der Waals surface area contributed by atoms with E-state index in [1.807, 2.05) is 30.3 Å². The topological polar surface area (TPSA) is 102 Å². The first-order valence-electron chi connectivity index (χ1n) is 7.81. The molecule has 0 radical (unpaired) electrons. The molecule has 0 saturated carbocycles. The number of aromatic nitrogens is 3. The third-order valence-corrected chi connectivity index (χ3v) is 4.48. The fourth-order valence-corrected chi connectivity index (χ4v) is 2.89. The number of nitrogens with zero attached hydrogens (tertiary/aromatic N) is 3. The molecule has 0 fully saturated rings. The number of carbonyl (C=O) groups is 2. The largest absolute Gasteiger partial charge is 0.461 e. The average molecular weight is 371 g/mol. The van der Waals surface area contributed by atoms with Crippen LogP contribution in [-0.2, 0) is 18.4 Å². The molecule has 0 aliphatic rings. The second kappa shape index (κ2) is 8.34. The quantitative estimate of drug-likeness (QED) is 0.644. The molecule has 8 nitrogen and oxygen atoms in total. The van der Waals surface area contributed by atoms with Crippen molar-refractivity contribution in [2.24, 2.45) is 7.05 Å². The van der Waals surface area contributed by atoms with Crippen LogP contribution in [0, 0.1) is 0 Å². The predicted molar refractivity (Wildman–Crippen MR) is 96.2 cm³/mol. The summed E-state index contributed by atoms with van der Waals surface area (Å²) >= 11 is 1.19. The van der Waals surface area contributed by atoms with Crippen molar-refractivity contribution >= 4 is 23.7 Å². The van der Waals surface area contributed by atoms with Crippen molar-refractivity contribution in [3.8, 4) is 11.6 Å². The highest BCUT2D eigenvalue weighted by molar-refractivity contribution is 7.99. The first-order valence-corrected chi connectivity index (χ1v) is 8.79. The minimum Gasteiger partial charge on any atom is -0.461 e. The van der Waals surface area contributed by atoms with Gasteiger partial charge in [0.15, 0.2) is 16.7 Å². The highest BCUT2D eigenvalue weighted by Crippen LogP contribution is 2.22. The Morgan fingerprint density at radius 3 is 2.69 bits per heavy atom. The van der Waals surface area contributed by atoms with Gasteiger partial charge in [-0.05, 0) is 17.7 Å². The lowest BCUT2D eigenvalue weighted by Gasteiger charge is -2.06. The Kier molecular flexibility index (Phi) is 5.69. The highest BCUT2D eigenvalue weighted by Gasteiger charge is 2.15. The number of thioether (sulfide) groups is 1. The molecule has 0 atom stereocenters. The molecule has 0 bridgehead atoms. The van der Waals surface area contributed by atoms with Gasteiger partial charge in [-0.25, -0.2) is 4.79 Å². The molecule has 3 aromatic rings. The van der Waals surface area contributed by atoms with Crippen molar-refractivity contribution in [3.63, 3.8) is 0 Å². The summed E-state index contributed by atoms with van der Waals surface area (Å²) in [7, 11) is 1.78. The molecule has 0 aliphatic carbocycles. The van der Waals surface area contributed by atoms with E-state index in [9.17, 15) is 9.59 Å². The van der Waals surface area contributed by atoms with Gasteiger partial charge in [0.25, 0.3) is 0 Å². The van der Waals surface area contributed by atoms with E-state index in [1.54, 1.807) is 30.0 Å². The Morgan fingerprint density at radius 2 is 1.96 bits per heavy atom. The third-order valence-electron chi connectivity index (χ3n) is 3.46. The maximum atomic E-state index is 11.9. The van der Waals surface area contributed by atoms with E-state index in [4.69, 9.17) is 4.42 Å². The lowest BCUT2D eigenvalue weighted by molar-refractivity contribution is -0.117. The molecule has 2 heterocycles. The molecule has 3 amide bonds. The summed E-state index contributed by atoms with van der Waals surface area (Å²) < 4.78 is 7.02. The first-order chi connectivity index (χ1) is 12.6. The SMILES string of the molecule is Cn1c(SCC(=O)NC(=O)NCc2ccccc2)nnc1-c1ccco1. The average Bonchev–Trinajstić information content (AvgIpc) is 3.29. The van der Waals surface area contributed by atoms with Gasteiger partial charge in [0.2, 0.25) is 5.91 Å². The van der Waals surface area contributed by atoms with Crippen LogP contribution in [0.3, 0.4) is 0 Å². The summed E-state index contributed by atoms with van der Waals surface area (Å²) in [5.41, 5.74) is 0.953. The fourth-order valence-electron chi connectivity index (χ4n) is 2.18. The van der Waals surface area contributed by atoms with Gasteiger partial charge in [0, 0.05) is 13.6 Å². The summed E-state index contributed by atoms with van der Waals surface area (Å²) in [6.45, 7) is 0.350. The summed E-state index contributed by atoms with van der Waals surface area (Å²) in [6.07, 6.45) is 1.55. The number of amides is 3. The predicted octanol–water partition coefficient (Wildman–Crippen LogP) is 2.19. The molecule has 0 aliphatic heterocycles. The molecule has 134 valence electrons. The number of furan rings is 1. The van der Waals surface area contributed by atoms with Crippen LogP contribution in [0.4, 0.5) is 4.79 Å². The molecular weight excluding hydrogens is 354 g/mol. The Labute approximate surface area is 154 Å². The number of benzene rings is 1. The van der Waals surface area contributed by atoms with Gasteiger partial charge < -0.3 is 14.3 Å². The summed E-state index contributed by atoms with van der Waals surface area (Å²) in [5.74, 6) is 0.793. The maximum absolute atomic E-state index is 11.9. The van der Waals surface area contributed by atoms with Crippen LogP contribution in [-0.4, -0.2) is 32.5 Å². The Hall–Kier alpha value is -3.07. The Morgan fingerprint density at radius 1 is 1.15 bits per heavy atom. The Bertz CT molecular complexity index is 877. The van der Waals surface area contributed by atoms with Crippen molar-refractivity contribution in [1.82, 2.24) is 25.4 Å². The lowest BCUT2D eigenvalue weighted by Crippen LogP contribution is -2.39. The molecule has 0 saturated heterocycles. The molecular formula is C17H17N5O3S. The van der Waals surface area contributed by atoms with Gasteiger partial charge in [-0.15, -0.1) is 10.2 Å². The number of carbonyl (C=O) groups excluding carboxylic acids is 2. The molecule has 3 rings (SSSR count). The van der Waals surface area contributed by atoms with Crippen molar-refractivity contribution in [2.75, 3.05) is 5.75 Å². The third kappa shape index (κ3) is 4.51. The van der Waals surface area contributed by atoms with Crippen molar-refractivity contribution in [3.05, 3.63) is 54.3 Å². The van der Waals surface area contributed by atoms with Crippen molar-refractivity contribution in [2.45, 2.75) is 11.7 Å². The van der Waals surface area contributed by atoms with E-state index >= 15 is 0 Å². The van der Waals surface area contributed by atoms with Gasteiger partial charge >= 0.3 is 6.03 Å². The highest BCUT2D eigenvalue weighted by atomic mass is 32.2. The number of hydrogen-bond donors (Lipinski definition) is 2. The number of hydrogen-bond acceptors (Lipinski definition) is 6. The van der Waals surface area contributed by atoms with E-state index in [0.717, 1.165) is 5.56 Å². The number of rotatable bonds is 6. The number of urea groups is 1. The van der Waals surface area contributed by atoms with Crippen LogP contribution in [0.2, 0.25) is 0 Å². The van der Waals surface area contributed by atoms with Gasteiger partial charge in [-0.2, -0.15) is 0 Å². The van der Waals surface area contributed by atoms with Crippen LogP contribution in [0.15, 0.2) is 58.3 Å². The zero-order valence-electron chi connectivity index (χ0n) is 14.0. The van der Waals surface area contributed by atoms with E-state index in [0.29, 0.717) is 23.3 Å². The standard InChI is InChI=1S/C17H17N5O3S/c1-22-15(13-8-5-9-25-13)20-21-17(22)26-11-14(23)19-16(24)18-10-12-6-3-2-4-7-12/h2-9H,10-11H2,1H3,(H2,18,19,23,24). The normalized spacial score (nSPS) is 10.5.